The van der Waals surface area contributed by atoms with Gasteiger partial charge in [0.25, 0.3) is 5.56 Å². The normalized spacial score (nSPS) is 10.5. The number of benzene rings is 1. The van der Waals surface area contributed by atoms with Crippen LogP contribution >= 0.6 is 11.8 Å². The highest BCUT2D eigenvalue weighted by atomic mass is 32.2. The van der Waals surface area contributed by atoms with Crippen LogP contribution in [-0.4, -0.2) is 27.9 Å². The monoisotopic (exact) mass is 304 g/mol. The molecule has 1 aromatic carbocycles. The fourth-order valence-electron chi connectivity index (χ4n) is 1.87. The van der Waals surface area contributed by atoms with Gasteiger partial charge in [-0.3, -0.25) is 14.2 Å². The highest BCUT2D eigenvalue weighted by molar-refractivity contribution is 7.99. The largest absolute Gasteiger partial charge is 0.465 e. The molecular formula is C15H16N2O3S. The van der Waals surface area contributed by atoms with E-state index in [9.17, 15) is 9.59 Å². The summed E-state index contributed by atoms with van der Waals surface area (Å²) in [4.78, 5) is 28.4. The Labute approximate surface area is 126 Å². The van der Waals surface area contributed by atoms with Gasteiger partial charge in [0.1, 0.15) is 0 Å². The number of rotatable bonds is 6. The van der Waals surface area contributed by atoms with Crippen LogP contribution in [0.4, 0.5) is 0 Å². The average Bonchev–Trinajstić information content (AvgIpc) is 2.49. The lowest BCUT2D eigenvalue weighted by molar-refractivity contribution is -0.139. The molecule has 0 bridgehead atoms. The minimum atomic E-state index is -0.324. The summed E-state index contributed by atoms with van der Waals surface area (Å²) in [5.74, 6) is -0.203. The number of esters is 1. The van der Waals surface area contributed by atoms with Crippen molar-refractivity contribution in [3.8, 4) is 0 Å². The first-order valence-electron chi connectivity index (χ1n) is 6.56. The van der Waals surface area contributed by atoms with E-state index in [2.05, 4.69) is 11.6 Å². The van der Waals surface area contributed by atoms with Crippen molar-refractivity contribution in [2.24, 2.45) is 0 Å². The molecule has 0 unspecified atom stereocenters. The maximum absolute atomic E-state index is 12.5. The second kappa shape index (κ2) is 7.08. The molecule has 0 aliphatic carbocycles. The summed E-state index contributed by atoms with van der Waals surface area (Å²) >= 11 is 1.19. The molecule has 0 aliphatic rings. The molecule has 1 heterocycles. The topological polar surface area (TPSA) is 61.2 Å². The lowest BCUT2D eigenvalue weighted by Crippen LogP contribution is -2.23. The maximum atomic E-state index is 12.5. The molecular weight excluding hydrogens is 288 g/mol. The van der Waals surface area contributed by atoms with E-state index in [1.54, 1.807) is 31.2 Å². The van der Waals surface area contributed by atoms with E-state index < -0.39 is 0 Å². The number of carbonyl (C=O) groups is 1. The number of aromatic nitrogens is 2. The van der Waals surface area contributed by atoms with Crippen LogP contribution < -0.4 is 5.56 Å². The predicted molar refractivity (Wildman–Crippen MR) is 83.6 cm³/mol. The SMILES string of the molecule is C=CCn1c(SCC(=O)OCC)nc2ccccc2c1=O. The molecule has 0 saturated heterocycles. The van der Waals surface area contributed by atoms with E-state index in [-0.39, 0.29) is 17.3 Å². The average molecular weight is 304 g/mol. The molecule has 110 valence electrons. The van der Waals surface area contributed by atoms with Crippen molar-refractivity contribution in [2.45, 2.75) is 18.6 Å². The van der Waals surface area contributed by atoms with E-state index in [0.717, 1.165) is 0 Å². The van der Waals surface area contributed by atoms with Crippen molar-refractivity contribution in [3.63, 3.8) is 0 Å². The lowest BCUT2D eigenvalue weighted by Gasteiger charge is -2.11. The molecule has 1 aromatic heterocycles. The van der Waals surface area contributed by atoms with Gasteiger partial charge in [0, 0.05) is 6.54 Å². The highest BCUT2D eigenvalue weighted by Gasteiger charge is 2.12. The van der Waals surface area contributed by atoms with Gasteiger partial charge >= 0.3 is 5.97 Å². The molecule has 0 saturated carbocycles. The zero-order valence-corrected chi connectivity index (χ0v) is 12.6. The third-order valence-electron chi connectivity index (χ3n) is 2.76. The third kappa shape index (κ3) is 3.52. The lowest BCUT2D eigenvalue weighted by atomic mass is 10.2. The minimum absolute atomic E-state index is 0.121. The van der Waals surface area contributed by atoms with Crippen molar-refractivity contribution < 1.29 is 9.53 Å². The van der Waals surface area contributed by atoms with Crippen LogP contribution in [0.2, 0.25) is 0 Å². The summed E-state index contributed by atoms with van der Waals surface area (Å²) in [5, 5.41) is 1.05. The Morgan fingerprint density at radius 3 is 2.95 bits per heavy atom. The molecule has 0 amide bonds. The standard InChI is InChI=1S/C15H16N2O3S/c1-3-9-17-14(19)11-7-5-6-8-12(11)16-15(17)21-10-13(18)20-4-2/h3,5-8H,1,4,9-10H2,2H3. The number of hydrogen-bond donors (Lipinski definition) is 0. The molecule has 0 N–H and O–H groups in total. The molecule has 6 heteroatoms. The zero-order chi connectivity index (χ0) is 15.2. The minimum Gasteiger partial charge on any atom is -0.465 e. The fourth-order valence-corrected chi connectivity index (χ4v) is 2.68. The van der Waals surface area contributed by atoms with Crippen LogP contribution in [0.15, 0.2) is 46.9 Å². The van der Waals surface area contributed by atoms with E-state index in [1.807, 2.05) is 6.07 Å². The fraction of sp³-hybridized carbons (Fsp3) is 0.267. The van der Waals surface area contributed by atoms with Crippen molar-refractivity contribution in [3.05, 3.63) is 47.3 Å². The predicted octanol–water partition coefficient (Wildman–Crippen LogP) is 2.24. The first kappa shape index (κ1) is 15.3. The van der Waals surface area contributed by atoms with Gasteiger partial charge in [-0.25, -0.2) is 4.98 Å². The Morgan fingerprint density at radius 1 is 1.48 bits per heavy atom. The number of fused-ring (bicyclic) bond motifs is 1. The van der Waals surface area contributed by atoms with Gasteiger partial charge in [-0.1, -0.05) is 30.0 Å². The highest BCUT2D eigenvalue weighted by Crippen LogP contribution is 2.18. The third-order valence-corrected chi connectivity index (χ3v) is 3.71. The summed E-state index contributed by atoms with van der Waals surface area (Å²) in [7, 11) is 0. The first-order chi connectivity index (χ1) is 10.2. The van der Waals surface area contributed by atoms with Gasteiger partial charge in [0.15, 0.2) is 5.16 Å². The Bertz CT molecular complexity index is 724. The number of hydrogen-bond acceptors (Lipinski definition) is 5. The molecule has 0 spiro atoms. The number of para-hydroxylation sites is 1. The number of nitrogens with zero attached hydrogens (tertiary/aromatic N) is 2. The second-order valence-corrected chi connectivity index (χ2v) is 5.15. The van der Waals surface area contributed by atoms with Gasteiger partial charge in [-0.2, -0.15) is 0 Å². The van der Waals surface area contributed by atoms with Crippen molar-refractivity contribution >= 4 is 28.6 Å². The van der Waals surface area contributed by atoms with Crippen molar-refractivity contribution in [1.82, 2.24) is 9.55 Å². The van der Waals surface area contributed by atoms with Gasteiger partial charge in [-0.05, 0) is 19.1 Å². The zero-order valence-electron chi connectivity index (χ0n) is 11.7. The van der Waals surface area contributed by atoms with Crippen LogP contribution in [0.5, 0.6) is 0 Å². The van der Waals surface area contributed by atoms with Crippen molar-refractivity contribution in [1.29, 1.82) is 0 Å². The first-order valence-corrected chi connectivity index (χ1v) is 7.54. The smallest absolute Gasteiger partial charge is 0.316 e. The molecule has 5 nitrogen and oxygen atoms in total. The van der Waals surface area contributed by atoms with Gasteiger partial charge < -0.3 is 4.74 Å². The molecule has 0 atom stereocenters. The van der Waals surface area contributed by atoms with Gasteiger partial charge in [0.2, 0.25) is 0 Å². The van der Waals surface area contributed by atoms with Crippen LogP contribution in [0, 0.1) is 0 Å². The number of allylic oxidation sites excluding steroid dienone is 1. The Morgan fingerprint density at radius 2 is 2.24 bits per heavy atom. The van der Waals surface area contributed by atoms with Crippen LogP contribution in [0.25, 0.3) is 10.9 Å². The van der Waals surface area contributed by atoms with E-state index in [0.29, 0.717) is 29.2 Å². The molecule has 0 radical (unpaired) electrons. The van der Waals surface area contributed by atoms with Crippen LogP contribution in [0.1, 0.15) is 6.92 Å². The van der Waals surface area contributed by atoms with Crippen molar-refractivity contribution in [2.75, 3.05) is 12.4 Å². The quantitative estimate of drug-likeness (QED) is 0.354. The summed E-state index contributed by atoms with van der Waals surface area (Å²) in [6, 6.07) is 7.15. The Kier molecular flexibility index (Phi) is 5.16. The van der Waals surface area contributed by atoms with E-state index in [1.165, 1.54) is 16.3 Å². The van der Waals surface area contributed by atoms with E-state index in [4.69, 9.17) is 4.74 Å². The molecule has 21 heavy (non-hydrogen) atoms. The number of ether oxygens (including phenoxy) is 1. The van der Waals surface area contributed by atoms with Gasteiger partial charge in [-0.15, -0.1) is 6.58 Å². The van der Waals surface area contributed by atoms with E-state index >= 15 is 0 Å². The molecule has 0 fully saturated rings. The molecule has 0 aliphatic heterocycles. The molecule has 2 rings (SSSR count). The van der Waals surface area contributed by atoms with Crippen LogP contribution in [0.3, 0.4) is 0 Å². The molecule has 2 aromatic rings. The number of thioether (sulfide) groups is 1. The second-order valence-electron chi connectivity index (χ2n) is 4.21. The Balaban J connectivity index is 2.40. The summed E-state index contributed by atoms with van der Waals surface area (Å²) < 4.78 is 6.40. The summed E-state index contributed by atoms with van der Waals surface area (Å²) in [6.07, 6.45) is 1.63. The van der Waals surface area contributed by atoms with Crippen LogP contribution in [-0.2, 0) is 16.1 Å². The maximum Gasteiger partial charge on any atom is 0.316 e. The number of carbonyl (C=O) groups excluding carboxylic acids is 1. The summed E-state index contributed by atoms with van der Waals surface area (Å²) in [5.41, 5.74) is 0.487. The van der Waals surface area contributed by atoms with Gasteiger partial charge in [0.05, 0.1) is 23.3 Å². The summed E-state index contributed by atoms with van der Waals surface area (Å²) in [6.45, 7) is 6.10. The Hall–Kier alpha value is -2.08.